The number of aromatic nitrogens is 3. The number of hydrogen-bond acceptors (Lipinski definition) is 33. The maximum atomic E-state index is 15.4. The van der Waals surface area contributed by atoms with Crippen molar-refractivity contribution in [2.45, 2.75) is 101 Å². The number of ether oxygens (including phenoxy) is 12. The van der Waals surface area contributed by atoms with Gasteiger partial charge in [-0.2, -0.15) is 0 Å². The minimum Gasteiger partial charge on any atom is -0.465 e. The lowest BCUT2D eigenvalue weighted by atomic mass is 9.81. The summed E-state index contributed by atoms with van der Waals surface area (Å²) in [5.74, 6) is -69.7. The summed E-state index contributed by atoms with van der Waals surface area (Å²) in [6.07, 6.45) is 0. The Kier molecular flexibility index (Phi) is 32.9. The highest BCUT2D eigenvalue weighted by Gasteiger charge is 2.56. The molecule has 1 heterocycles. The summed E-state index contributed by atoms with van der Waals surface area (Å²) in [6, 6.07) is 0. The number of hydrogen-bond donors (Lipinski definition) is 0. The Bertz CT molecular complexity index is 2210. The Morgan fingerprint density at radius 2 is 0.299 bits per heavy atom. The fourth-order valence-electron chi connectivity index (χ4n) is 7.68. The number of ketones is 6. The lowest BCUT2D eigenvalue weighted by molar-refractivity contribution is -0.169. The molecule has 0 bridgehead atoms. The highest BCUT2D eigenvalue weighted by atomic mass is 16.6. The summed E-state index contributed by atoms with van der Waals surface area (Å²) in [4.78, 5) is 270. The van der Waals surface area contributed by atoms with E-state index in [4.69, 9.17) is 56.8 Å². The molecule has 0 fully saturated rings. The van der Waals surface area contributed by atoms with Crippen LogP contribution in [0.25, 0.3) is 0 Å². The van der Waals surface area contributed by atoms with E-state index in [0.29, 0.717) is 0 Å². The van der Waals surface area contributed by atoms with Gasteiger partial charge in [0.15, 0.2) is 52.2 Å². The molecule has 33 nitrogen and oxygen atoms in total. The highest BCUT2D eigenvalue weighted by molar-refractivity contribution is 6.30. The van der Waals surface area contributed by atoms with Crippen LogP contribution in [0.5, 0.6) is 0 Å². The van der Waals surface area contributed by atoms with Gasteiger partial charge in [-0.15, -0.1) is 0 Å². The monoisotopic (exact) mass is 1240 g/mol. The first-order chi connectivity index (χ1) is 41.2. The fourth-order valence-corrected chi connectivity index (χ4v) is 7.68. The van der Waals surface area contributed by atoms with Gasteiger partial charge < -0.3 is 56.8 Å². The highest BCUT2D eigenvalue weighted by Crippen LogP contribution is 2.34. The van der Waals surface area contributed by atoms with Crippen LogP contribution in [0.4, 0.5) is 0 Å². The summed E-state index contributed by atoms with van der Waals surface area (Å²) < 4.78 is 59.4. The molecule has 0 atom stereocenters. The quantitative estimate of drug-likeness (QED) is 0.0433. The Labute approximate surface area is 496 Å². The molecule has 0 saturated heterocycles. The normalized spacial score (nSPS) is 11.0. The topological polar surface area (TPSA) is 457 Å². The molecule has 0 aliphatic rings. The van der Waals surface area contributed by atoms with Crippen molar-refractivity contribution in [1.29, 1.82) is 0 Å². The number of carbonyl (C=O) groups is 18. The largest absolute Gasteiger partial charge is 0.465 e. The lowest BCUT2D eigenvalue weighted by Gasteiger charge is -2.26. The van der Waals surface area contributed by atoms with Crippen molar-refractivity contribution < 1.29 is 143 Å². The van der Waals surface area contributed by atoms with Crippen LogP contribution in [-0.4, -0.2) is 201 Å². The smallest absolute Gasteiger partial charge is 0.328 e. The summed E-state index contributed by atoms with van der Waals surface area (Å²) in [7, 11) is 0. The molecule has 1 rings (SSSR count). The van der Waals surface area contributed by atoms with Crippen LogP contribution in [0.2, 0.25) is 0 Å². The molecule has 33 heteroatoms. The predicted molar refractivity (Wildman–Crippen MR) is 279 cm³/mol. The molecular weight excluding hydrogens is 1170 g/mol. The number of nitrogens with zero attached hydrogens (tertiary/aromatic N) is 3. The third-order valence-corrected chi connectivity index (χ3v) is 11.1. The van der Waals surface area contributed by atoms with Crippen molar-refractivity contribution in [1.82, 2.24) is 15.0 Å². The Balaban J connectivity index is 5.83. The van der Waals surface area contributed by atoms with Gasteiger partial charge in [0.2, 0.25) is 35.5 Å². The van der Waals surface area contributed by atoms with Crippen molar-refractivity contribution in [3.05, 3.63) is 17.5 Å². The van der Waals surface area contributed by atoms with Gasteiger partial charge in [0.25, 0.3) is 0 Å². The molecule has 87 heavy (non-hydrogen) atoms. The number of Topliss-reactive ketones (excluding diaryl/α,β-unsaturated/α-hetero) is 6. The fraction of sp³-hybridized carbons (Fsp3) is 0.611. The minimum absolute atomic E-state index is 0.652. The summed E-state index contributed by atoms with van der Waals surface area (Å²) in [6.45, 7) is 6.15. The minimum atomic E-state index is -3.44. The van der Waals surface area contributed by atoms with E-state index < -0.39 is 256 Å². The van der Waals surface area contributed by atoms with Gasteiger partial charge in [-0.25, -0.2) is 15.0 Å². The second kappa shape index (κ2) is 37.9. The number of rotatable bonds is 39. The zero-order valence-electron chi connectivity index (χ0n) is 49.8. The zero-order valence-corrected chi connectivity index (χ0v) is 49.8. The second-order valence-corrected chi connectivity index (χ2v) is 16.7. The Morgan fingerprint density at radius 3 is 0.379 bits per heavy atom. The van der Waals surface area contributed by atoms with Crippen LogP contribution in [0.3, 0.4) is 0 Å². The van der Waals surface area contributed by atoms with Crippen LogP contribution in [-0.2, 0) is 143 Å². The van der Waals surface area contributed by atoms with Crippen LogP contribution < -0.4 is 0 Å². The van der Waals surface area contributed by atoms with E-state index in [2.05, 4.69) is 15.0 Å². The van der Waals surface area contributed by atoms with Gasteiger partial charge in [-0.3, -0.25) is 86.3 Å². The average molecular weight is 1240 g/mol. The van der Waals surface area contributed by atoms with Crippen molar-refractivity contribution in [2.24, 2.45) is 35.5 Å². The molecule has 0 unspecified atom stereocenters. The molecular formula is C54H69N3O30. The van der Waals surface area contributed by atoms with Crippen LogP contribution in [0.15, 0.2) is 0 Å². The molecule has 0 aliphatic heterocycles. The molecule has 1 aromatic heterocycles. The molecule has 480 valence electrons. The van der Waals surface area contributed by atoms with E-state index in [0.717, 1.165) is 83.1 Å². The predicted octanol–water partition coefficient (Wildman–Crippen LogP) is -1.01. The SMILES string of the molecule is CCOC(=O)C(C(=O)OCC)C(=O)C(C(=O)C(C(=O)OCC)C(=O)OCC)c1nc(C(C(=O)C(C(=O)OCC)C(=O)OCC)C(=O)C(C(=O)OCC)C(=O)OCC)nc(C(C(=O)C(C(=O)OCC)C(=O)OCC)C(=O)C(C(=O)OCC)C(=O)OCC)n1. The third kappa shape index (κ3) is 19.9. The maximum absolute atomic E-state index is 15.4. The van der Waals surface area contributed by atoms with Crippen LogP contribution in [0, 0.1) is 35.5 Å². The van der Waals surface area contributed by atoms with Gasteiger partial charge in [-0.1, -0.05) is 0 Å². The lowest BCUT2D eigenvalue weighted by Crippen LogP contribution is -2.47. The van der Waals surface area contributed by atoms with E-state index >= 15 is 28.8 Å². The summed E-state index contributed by atoms with van der Waals surface area (Å²) in [5, 5.41) is 0. The van der Waals surface area contributed by atoms with E-state index in [-0.39, 0.29) is 0 Å². The van der Waals surface area contributed by atoms with Gasteiger partial charge >= 0.3 is 71.6 Å². The molecule has 0 N–H and O–H groups in total. The van der Waals surface area contributed by atoms with E-state index in [1.54, 1.807) is 0 Å². The first-order valence-electron chi connectivity index (χ1n) is 27.2. The molecule has 0 spiro atoms. The van der Waals surface area contributed by atoms with Gasteiger partial charge in [0.1, 0.15) is 17.8 Å². The third-order valence-electron chi connectivity index (χ3n) is 11.1. The van der Waals surface area contributed by atoms with Crippen molar-refractivity contribution >= 4 is 106 Å². The van der Waals surface area contributed by atoms with E-state index in [1.165, 1.54) is 0 Å². The standard InChI is InChI=1S/C54H69N3O30/c1-13-76-43(64)28(44(65)77-14-2)34(58)25(35(59)29(45(66)78-15-3)46(67)79-16-4)40-55-41(26(36(60)30(47(68)80-17-5)48(69)81-18-6)37(61)31(49(70)82-19-7)50(71)83-20-8)57-42(56-40)27(38(62)32(51(72)84-21-9)52(73)85-22-10)39(63)33(53(74)86-23-11)54(75)87-24-12/h25-33H,13-24H2,1-12H3. The second-order valence-electron chi connectivity index (χ2n) is 16.7. The average Bonchev–Trinajstić information content (AvgIpc) is 1.34. The molecule has 0 saturated carbocycles. The Hall–Kier alpha value is -9.33. The van der Waals surface area contributed by atoms with Gasteiger partial charge in [0.05, 0.1) is 79.3 Å². The molecule has 0 radical (unpaired) electrons. The van der Waals surface area contributed by atoms with Crippen LogP contribution in [0.1, 0.15) is 118 Å². The van der Waals surface area contributed by atoms with Crippen molar-refractivity contribution in [3.63, 3.8) is 0 Å². The molecule has 1 aromatic rings. The van der Waals surface area contributed by atoms with Crippen molar-refractivity contribution in [2.75, 3.05) is 79.3 Å². The number of esters is 12. The zero-order chi connectivity index (χ0) is 66.4. The summed E-state index contributed by atoms with van der Waals surface area (Å²) >= 11 is 0. The van der Waals surface area contributed by atoms with Gasteiger partial charge in [0, 0.05) is 0 Å². The van der Waals surface area contributed by atoms with Crippen molar-refractivity contribution in [3.8, 4) is 0 Å². The summed E-state index contributed by atoms with van der Waals surface area (Å²) in [5.41, 5.74) is 0. The maximum Gasteiger partial charge on any atom is 0.328 e. The molecule has 0 amide bonds. The molecule has 0 aliphatic carbocycles. The first-order valence-corrected chi connectivity index (χ1v) is 27.2. The molecule has 0 aromatic carbocycles. The number of carbonyl (C=O) groups excluding carboxylic acids is 18. The Morgan fingerprint density at radius 1 is 0.207 bits per heavy atom. The van der Waals surface area contributed by atoms with Crippen LogP contribution >= 0.6 is 0 Å². The van der Waals surface area contributed by atoms with E-state index in [9.17, 15) is 57.5 Å². The first kappa shape index (κ1) is 75.7. The van der Waals surface area contributed by atoms with Gasteiger partial charge in [-0.05, 0) is 83.1 Å². The van der Waals surface area contributed by atoms with E-state index in [1.807, 2.05) is 0 Å².